The molecule has 1 aliphatic heterocycles. The molecule has 3 heterocycles. The molecule has 1 aliphatic rings. The summed E-state index contributed by atoms with van der Waals surface area (Å²) in [5.41, 5.74) is 2.22. The lowest BCUT2D eigenvalue weighted by Crippen LogP contribution is -2.36. The van der Waals surface area contributed by atoms with Crippen LogP contribution in [-0.4, -0.2) is 33.8 Å². The first-order valence-corrected chi connectivity index (χ1v) is 8.08. The van der Waals surface area contributed by atoms with E-state index < -0.39 is 0 Å². The number of nitrogens with one attached hydrogen (secondary N) is 2. The molecule has 0 aromatic carbocycles. The van der Waals surface area contributed by atoms with Gasteiger partial charge in [0, 0.05) is 44.6 Å². The Morgan fingerprint density at radius 1 is 1.36 bits per heavy atom. The molecule has 0 spiro atoms. The minimum atomic E-state index is -0.0601. The average molecular weight is 386 g/mol. The predicted molar refractivity (Wildman–Crippen MR) is 102 cm³/mol. The minimum Gasteiger partial charge on any atom is -0.349 e. The maximum Gasteiger partial charge on any atom is 0.225 e. The van der Waals surface area contributed by atoms with Crippen LogP contribution in [-0.2, 0) is 11.8 Å². The zero-order chi connectivity index (χ0) is 16.2. The number of hydrogen-bond acceptors (Lipinski definition) is 4. The number of rotatable bonds is 5. The first-order valence-electron chi connectivity index (χ1n) is 8.08. The molecule has 0 bridgehead atoms. The van der Waals surface area contributed by atoms with Gasteiger partial charge in [-0.1, -0.05) is 6.92 Å². The fraction of sp³-hybridized carbons (Fsp3) is 0.471. The second kappa shape index (κ2) is 9.75. The largest absolute Gasteiger partial charge is 0.349 e. The SMILES string of the molecule is CCC(NC(=O)[C@H]1CNC[C@@H]1c1cnn(C)c1)c1ccncc1.Cl.Cl. The lowest BCUT2D eigenvalue weighted by molar-refractivity contribution is -0.125. The first kappa shape index (κ1) is 21.4. The molecule has 2 N–H and O–H groups in total. The second-order valence-electron chi connectivity index (χ2n) is 6.07. The number of carbonyl (C=O) groups excluding carboxylic acids is 1. The smallest absolute Gasteiger partial charge is 0.225 e. The van der Waals surface area contributed by atoms with Crippen LogP contribution in [0.25, 0.3) is 0 Å². The normalized spacial score (nSPS) is 20.2. The van der Waals surface area contributed by atoms with Crippen molar-refractivity contribution in [3.63, 3.8) is 0 Å². The molecule has 0 saturated carbocycles. The van der Waals surface area contributed by atoms with E-state index in [1.807, 2.05) is 31.6 Å². The fourth-order valence-electron chi connectivity index (χ4n) is 3.23. The van der Waals surface area contributed by atoms with E-state index in [4.69, 9.17) is 0 Å². The molecule has 3 atom stereocenters. The van der Waals surface area contributed by atoms with Crippen molar-refractivity contribution in [2.45, 2.75) is 25.3 Å². The summed E-state index contributed by atoms with van der Waals surface area (Å²) >= 11 is 0. The standard InChI is InChI=1S/C17H23N5O.2ClH/c1-3-16(12-4-6-18-7-5-12)21-17(23)15-10-19-9-14(15)13-8-20-22(2)11-13;;/h4-8,11,14-16,19H,3,9-10H2,1-2H3,(H,21,23);2*1H/t14-,15+,16?;;/m1../s1. The van der Waals surface area contributed by atoms with Crippen LogP contribution < -0.4 is 10.6 Å². The van der Waals surface area contributed by atoms with Gasteiger partial charge < -0.3 is 10.6 Å². The van der Waals surface area contributed by atoms with E-state index >= 15 is 0 Å². The zero-order valence-electron chi connectivity index (χ0n) is 14.4. The Morgan fingerprint density at radius 3 is 2.68 bits per heavy atom. The van der Waals surface area contributed by atoms with Crippen molar-refractivity contribution in [3.05, 3.63) is 48.0 Å². The highest BCUT2D eigenvalue weighted by molar-refractivity contribution is 5.85. The molecule has 3 rings (SSSR count). The molecule has 0 radical (unpaired) electrons. The van der Waals surface area contributed by atoms with Crippen molar-refractivity contribution >= 4 is 30.7 Å². The summed E-state index contributed by atoms with van der Waals surface area (Å²) in [7, 11) is 1.90. The molecule has 1 unspecified atom stereocenters. The summed E-state index contributed by atoms with van der Waals surface area (Å²) in [4.78, 5) is 16.8. The van der Waals surface area contributed by atoms with Gasteiger partial charge in [-0.25, -0.2) is 0 Å². The molecule has 1 fully saturated rings. The Labute approximate surface area is 160 Å². The quantitative estimate of drug-likeness (QED) is 0.827. The van der Waals surface area contributed by atoms with Gasteiger partial charge in [0.15, 0.2) is 0 Å². The topological polar surface area (TPSA) is 71.8 Å². The van der Waals surface area contributed by atoms with Gasteiger partial charge in [0.05, 0.1) is 18.2 Å². The van der Waals surface area contributed by atoms with Gasteiger partial charge in [-0.2, -0.15) is 5.10 Å². The molecular weight excluding hydrogens is 361 g/mol. The maximum atomic E-state index is 12.8. The van der Waals surface area contributed by atoms with E-state index in [2.05, 4.69) is 27.6 Å². The summed E-state index contributed by atoms with van der Waals surface area (Å²) in [6.45, 7) is 3.60. The van der Waals surface area contributed by atoms with Crippen molar-refractivity contribution < 1.29 is 4.79 Å². The zero-order valence-corrected chi connectivity index (χ0v) is 16.0. The van der Waals surface area contributed by atoms with Gasteiger partial charge in [0.2, 0.25) is 5.91 Å². The van der Waals surface area contributed by atoms with Crippen LogP contribution in [0, 0.1) is 5.92 Å². The number of carbonyl (C=O) groups is 1. The summed E-state index contributed by atoms with van der Waals surface area (Å²) in [5, 5.41) is 10.8. The Bertz CT molecular complexity index is 664. The monoisotopic (exact) mass is 385 g/mol. The Hall–Kier alpha value is -1.63. The Kier molecular flexibility index (Phi) is 8.35. The number of nitrogens with zero attached hydrogens (tertiary/aromatic N) is 3. The molecular formula is C17H25Cl2N5O. The van der Waals surface area contributed by atoms with Crippen LogP contribution in [0.2, 0.25) is 0 Å². The lowest BCUT2D eigenvalue weighted by Gasteiger charge is -2.22. The predicted octanol–water partition coefficient (Wildman–Crippen LogP) is 2.23. The third-order valence-corrected chi connectivity index (χ3v) is 4.54. The number of aryl methyl sites for hydroxylation is 1. The van der Waals surface area contributed by atoms with Gasteiger partial charge in [0.25, 0.3) is 0 Å². The molecule has 0 aliphatic carbocycles. The van der Waals surface area contributed by atoms with Gasteiger partial charge in [-0.05, 0) is 29.7 Å². The third kappa shape index (κ3) is 4.93. The van der Waals surface area contributed by atoms with E-state index in [0.717, 1.165) is 24.1 Å². The average Bonchev–Trinajstić information content (AvgIpc) is 3.21. The van der Waals surface area contributed by atoms with Gasteiger partial charge in [0.1, 0.15) is 0 Å². The van der Waals surface area contributed by atoms with E-state index in [0.29, 0.717) is 6.54 Å². The summed E-state index contributed by atoms with van der Waals surface area (Å²) in [5.74, 6) is 0.223. The summed E-state index contributed by atoms with van der Waals surface area (Å²) in [6, 6.07) is 3.94. The van der Waals surface area contributed by atoms with E-state index in [1.54, 1.807) is 17.1 Å². The van der Waals surface area contributed by atoms with Crippen molar-refractivity contribution in [3.8, 4) is 0 Å². The van der Waals surface area contributed by atoms with E-state index in [9.17, 15) is 4.79 Å². The van der Waals surface area contributed by atoms with Crippen LogP contribution in [0.5, 0.6) is 0 Å². The van der Waals surface area contributed by atoms with Crippen molar-refractivity contribution in [2.75, 3.05) is 13.1 Å². The molecule has 8 heteroatoms. The second-order valence-corrected chi connectivity index (χ2v) is 6.07. The molecule has 2 aromatic heterocycles. The minimum absolute atomic E-state index is 0. The molecule has 1 saturated heterocycles. The van der Waals surface area contributed by atoms with Crippen LogP contribution in [0.3, 0.4) is 0 Å². The lowest BCUT2D eigenvalue weighted by atomic mass is 9.89. The molecule has 6 nitrogen and oxygen atoms in total. The van der Waals surface area contributed by atoms with Crippen LogP contribution in [0.4, 0.5) is 0 Å². The fourth-order valence-corrected chi connectivity index (χ4v) is 3.23. The molecule has 25 heavy (non-hydrogen) atoms. The maximum absolute atomic E-state index is 12.8. The molecule has 2 aromatic rings. The summed E-state index contributed by atoms with van der Waals surface area (Å²) in [6.07, 6.45) is 8.24. The number of halogens is 2. The van der Waals surface area contributed by atoms with Crippen LogP contribution >= 0.6 is 24.8 Å². The summed E-state index contributed by atoms with van der Waals surface area (Å²) < 4.78 is 1.79. The number of amides is 1. The van der Waals surface area contributed by atoms with Gasteiger partial charge in [-0.3, -0.25) is 14.5 Å². The Morgan fingerprint density at radius 2 is 2.08 bits per heavy atom. The van der Waals surface area contributed by atoms with Crippen LogP contribution in [0.1, 0.15) is 36.4 Å². The van der Waals surface area contributed by atoms with Crippen molar-refractivity contribution in [2.24, 2.45) is 13.0 Å². The van der Waals surface area contributed by atoms with Crippen molar-refractivity contribution in [1.29, 1.82) is 0 Å². The number of hydrogen-bond donors (Lipinski definition) is 2. The van der Waals surface area contributed by atoms with Crippen molar-refractivity contribution in [1.82, 2.24) is 25.4 Å². The van der Waals surface area contributed by atoms with E-state index in [-0.39, 0.29) is 48.6 Å². The molecule has 1 amide bonds. The van der Waals surface area contributed by atoms with Crippen LogP contribution in [0.15, 0.2) is 36.9 Å². The highest BCUT2D eigenvalue weighted by atomic mass is 35.5. The molecule has 138 valence electrons. The highest BCUT2D eigenvalue weighted by Gasteiger charge is 2.35. The number of aromatic nitrogens is 3. The highest BCUT2D eigenvalue weighted by Crippen LogP contribution is 2.29. The Balaban J connectivity index is 0.00000156. The van der Waals surface area contributed by atoms with Gasteiger partial charge in [-0.15, -0.1) is 24.8 Å². The van der Waals surface area contributed by atoms with Gasteiger partial charge >= 0.3 is 0 Å². The third-order valence-electron chi connectivity index (χ3n) is 4.54. The number of pyridine rings is 1. The first-order chi connectivity index (χ1) is 11.2. The van der Waals surface area contributed by atoms with E-state index in [1.165, 1.54) is 0 Å².